The average molecular weight is 263 g/mol. The van der Waals surface area contributed by atoms with Gasteiger partial charge in [-0.1, -0.05) is 17.7 Å². The average Bonchev–Trinajstić information content (AvgIpc) is 2.26. The summed E-state index contributed by atoms with van der Waals surface area (Å²) < 4.78 is 9.79. The lowest BCUT2D eigenvalue weighted by Crippen LogP contribution is -2.39. The van der Waals surface area contributed by atoms with E-state index >= 15 is 0 Å². The van der Waals surface area contributed by atoms with Crippen LogP contribution in [0.5, 0.6) is 0 Å². The number of esters is 2. The van der Waals surface area contributed by atoms with E-state index in [0.717, 1.165) is 0 Å². The van der Waals surface area contributed by atoms with E-state index in [4.69, 9.17) is 21.1 Å². The summed E-state index contributed by atoms with van der Waals surface area (Å²) in [5.41, 5.74) is -1.33. The van der Waals surface area contributed by atoms with Crippen LogP contribution in [0.3, 0.4) is 0 Å². The van der Waals surface area contributed by atoms with E-state index in [-0.39, 0.29) is 19.6 Å². The molecule has 0 N–H and O–H groups in total. The van der Waals surface area contributed by atoms with Crippen molar-refractivity contribution in [1.29, 1.82) is 0 Å². The highest BCUT2D eigenvalue weighted by molar-refractivity contribution is 6.29. The summed E-state index contributed by atoms with van der Waals surface area (Å²) in [5.74, 6) is -1.18. The second-order valence-electron chi connectivity index (χ2n) is 3.77. The highest BCUT2D eigenvalue weighted by Crippen LogP contribution is 2.27. The van der Waals surface area contributed by atoms with Gasteiger partial charge in [-0.25, -0.2) is 0 Å². The SMILES string of the molecule is CCOC(=O)C(C)(C/C=C(/C)Cl)C(=O)OCC. The van der Waals surface area contributed by atoms with E-state index < -0.39 is 17.4 Å². The number of carbonyl (C=O) groups excluding carboxylic acids is 2. The van der Waals surface area contributed by atoms with E-state index in [2.05, 4.69) is 0 Å². The topological polar surface area (TPSA) is 52.6 Å². The van der Waals surface area contributed by atoms with E-state index in [9.17, 15) is 9.59 Å². The second-order valence-corrected chi connectivity index (χ2v) is 4.36. The normalized spacial score (nSPS) is 12.2. The summed E-state index contributed by atoms with van der Waals surface area (Å²) in [7, 11) is 0. The molecule has 0 amide bonds. The van der Waals surface area contributed by atoms with Crippen LogP contribution in [0.2, 0.25) is 0 Å². The predicted molar refractivity (Wildman–Crippen MR) is 65.6 cm³/mol. The zero-order valence-electron chi connectivity index (χ0n) is 10.7. The smallest absolute Gasteiger partial charge is 0.323 e. The van der Waals surface area contributed by atoms with E-state index in [1.54, 1.807) is 26.8 Å². The molecule has 0 aliphatic heterocycles. The molecule has 0 aromatic rings. The molecule has 5 heteroatoms. The molecule has 0 saturated heterocycles. The van der Waals surface area contributed by atoms with Crippen molar-refractivity contribution in [2.24, 2.45) is 5.41 Å². The molecule has 17 heavy (non-hydrogen) atoms. The van der Waals surface area contributed by atoms with Crippen LogP contribution in [0, 0.1) is 5.41 Å². The van der Waals surface area contributed by atoms with Gasteiger partial charge >= 0.3 is 11.9 Å². The van der Waals surface area contributed by atoms with Crippen molar-refractivity contribution in [3.05, 3.63) is 11.1 Å². The Bertz CT molecular complexity index is 288. The third-order valence-corrected chi connectivity index (χ3v) is 2.40. The molecule has 0 radical (unpaired) electrons. The summed E-state index contributed by atoms with van der Waals surface area (Å²) in [5, 5.41) is 0.518. The molecule has 4 nitrogen and oxygen atoms in total. The number of rotatable bonds is 6. The Balaban J connectivity index is 4.98. The lowest BCUT2D eigenvalue weighted by atomic mass is 9.86. The largest absolute Gasteiger partial charge is 0.465 e. The summed E-state index contributed by atoms with van der Waals surface area (Å²) >= 11 is 5.70. The van der Waals surface area contributed by atoms with Gasteiger partial charge in [0.1, 0.15) is 0 Å². The maximum atomic E-state index is 11.8. The van der Waals surface area contributed by atoms with Crippen molar-refractivity contribution >= 4 is 23.5 Å². The first-order chi connectivity index (χ1) is 7.88. The molecule has 0 fully saturated rings. The molecule has 0 aromatic carbocycles. The molecular weight excluding hydrogens is 244 g/mol. The van der Waals surface area contributed by atoms with Crippen molar-refractivity contribution in [2.45, 2.75) is 34.1 Å². The van der Waals surface area contributed by atoms with Crippen LogP contribution >= 0.6 is 11.6 Å². The molecule has 0 aliphatic carbocycles. The number of allylic oxidation sites excluding steroid dienone is 2. The van der Waals surface area contributed by atoms with Crippen molar-refractivity contribution in [1.82, 2.24) is 0 Å². The van der Waals surface area contributed by atoms with Crippen molar-refractivity contribution < 1.29 is 19.1 Å². The molecule has 0 aliphatic rings. The Labute approximate surface area is 107 Å². The molecule has 0 saturated carbocycles. The number of ether oxygens (including phenoxy) is 2. The van der Waals surface area contributed by atoms with Gasteiger partial charge in [0.25, 0.3) is 0 Å². The predicted octanol–water partition coefficient (Wildman–Crippen LogP) is 2.65. The first-order valence-corrected chi connectivity index (χ1v) is 5.93. The van der Waals surface area contributed by atoms with Crippen LogP contribution in [-0.4, -0.2) is 25.2 Å². The van der Waals surface area contributed by atoms with Gasteiger partial charge < -0.3 is 9.47 Å². The van der Waals surface area contributed by atoms with Gasteiger partial charge in [0.2, 0.25) is 0 Å². The van der Waals surface area contributed by atoms with Gasteiger partial charge in [-0.3, -0.25) is 9.59 Å². The summed E-state index contributed by atoms with van der Waals surface area (Å²) in [4.78, 5) is 23.6. The maximum absolute atomic E-state index is 11.8. The minimum absolute atomic E-state index is 0.167. The van der Waals surface area contributed by atoms with Gasteiger partial charge in [-0.2, -0.15) is 0 Å². The van der Waals surface area contributed by atoms with Crippen molar-refractivity contribution in [3.8, 4) is 0 Å². The van der Waals surface area contributed by atoms with Crippen LogP contribution in [-0.2, 0) is 19.1 Å². The van der Waals surface area contributed by atoms with Crippen LogP contribution in [0.4, 0.5) is 0 Å². The Kier molecular flexibility index (Phi) is 6.88. The molecule has 0 aromatic heterocycles. The lowest BCUT2D eigenvalue weighted by Gasteiger charge is -2.23. The monoisotopic (exact) mass is 262 g/mol. The minimum atomic E-state index is -1.33. The highest BCUT2D eigenvalue weighted by atomic mass is 35.5. The number of hydrogen-bond donors (Lipinski definition) is 0. The first-order valence-electron chi connectivity index (χ1n) is 5.55. The van der Waals surface area contributed by atoms with Gasteiger partial charge in [0.15, 0.2) is 5.41 Å². The van der Waals surface area contributed by atoms with Crippen molar-refractivity contribution in [3.63, 3.8) is 0 Å². The van der Waals surface area contributed by atoms with Crippen LogP contribution < -0.4 is 0 Å². The second kappa shape index (κ2) is 7.33. The van der Waals surface area contributed by atoms with Crippen LogP contribution in [0.15, 0.2) is 11.1 Å². The molecular formula is C12H19ClO4. The number of carbonyl (C=O) groups is 2. The fourth-order valence-corrected chi connectivity index (χ4v) is 1.25. The number of halogens is 1. The minimum Gasteiger partial charge on any atom is -0.465 e. The lowest BCUT2D eigenvalue weighted by molar-refractivity contribution is -0.170. The summed E-state index contributed by atoms with van der Waals surface area (Å²) in [6.45, 7) is 6.99. The molecule has 98 valence electrons. The third-order valence-electron chi connectivity index (χ3n) is 2.24. The van der Waals surface area contributed by atoms with E-state index in [1.165, 1.54) is 6.92 Å². The van der Waals surface area contributed by atoms with Gasteiger partial charge in [0, 0.05) is 5.03 Å². The fourth-order valence-electron chi connectivity index (χ4n) is 1.18. The van der Waals surface area contributed by atoms with Gasteiger partial charge in [-0.05, 0) is 34.1 Å². The van der Waals surface area contributed by atoms with Crippen LogP contribution in [0.25, 0.3) is 0 Å². The number of hydrogen-bond acceptors (Lipinski definition) is 4. The van der Waals surface area contributed by atoms with Crippen molar-refractivity contribution in [2.75, 3.05) is 13.2 Å². The quantitative estimate of drug-likeness (QED) is 0.545. The summed E-state index contributed by atoms with van der Waals surface area (Å²) in [6, 6.07) is 0. The Morgan fingerprint density at radius 3 is 1.88 bits per heavy atom. The molecule has 0 heterocycles. The standard InChI is InChI=1S/C12H19ClO4/c1-5-16-10(14)12(4,8-7-9(3)13)11(15)17-6-2/h7H,5-6,8H2,1-4H3/b9-7-. The van der Waals surface area contributed by atoms with E-state index in [1.807, 2.05) is 0 Å². The fraction of sp³-hybridized carbons (Fsp3) is 0.667. The molecule has 0 spiro atoms. The Hall–Kier alpha value is -1.03. The van der Waals surface area contributed by atoms with E-state index in [0.29, 0.717) is 5.03 Å². The maximum Gasteiger partial charge on any atom is 0.323 e. The zero-order chi connectivity index (χ0) is 13.5. The highest BCUT2D eigenvalue weighted by Gasteiger charge is 2.43. The third kappa shape index (κ3) is 4.77. The molecule has 0 bridgehead atoms. The molecule has 0 rings (SSSR count). The van der Waals surface area contributed by atoms with Gasteiger partial charge in [-0.15, -0.1) is 0 Å². The Morgan fingerprint density at radius 1 is 1.18 bits per heavy atom. The van der Waals surface area contributed by atoms with Gasteiger partial charge in [0.05, 0.1) is 13.2 Å². The molecule has 0 atom stereocenters. The van der Waals surface area contributed by atoms with Crippen LogP contribution in [0.1, 0.15) is 34.1 Å². The summed E-state index contributed by atoms with van der Waals surface area (Å²) in [6.07, 6.45) is 1.77. The Morgan fingerprint density at radius 2 is 1.59 bits per heavy atom. The molecule has 0 unspecified atom stereocenters. The zero-order valence-corrected chi connectivity index (χ0v) is 11.5. The first kappa shape index (κ1) is 16.0.